The van der Waals surface area contributed by atoms with Crippen LogP contribution in [0.3, 0.4) is 0 Å². The number of alkyl halides is 3. The molecule has 2 amide bonds. The van der Waals surface area contributed by atoms with Gasteiger partial charge in [0.1, 0.15) is 0 Å². The Morgan fingerprint density at radius 2 is 1.90 bits per heavy atom. The van der Waals surface area contributed by atoms with Crippen LogP contribution < -0.4 is 16.4 Å². The average Bonchev–Trinajstić information content (AvgIpc) is 2.38. The third kappa shape index (κ3) is 4.93. The number of nitrogens with two attached hydrogens (primary N) is 1. The second-order valence-electron chi connectivity index (χ2n) is 5.08. The van der Waals surface area contributed by atoms with E-state index in [4.69, 9.17) is 5.73 Å². The van der Waals surface area contributed by atoms with Gasteiger partial charge in [-0.25, -0.2) is 4.79 Å². The van der Waals surface area contributed by atoms with Crippen LogP contribution in [0.25, 0.3) is 0 Å². The van der Waals surface area contributed by atoms with E-state index in [0.717, 1.165) is 6.07 Å². The van der Waals surface area contributed by atoms with Crippen molar-refractivity contribution in [1.29, 1.82) is 0 Å². The number of hydrogen-bond donors (Lipinski definition) is 3. The number of benzene rings is 1. The number of para-hydroxylation sites is 1. The molecule has 7 heteroatoms. The van der Waals surface area contributed by atoms with Gasteiger partial charge in [-0.3, -0.25) is 0 Å². The molecule has 0 heterocycles. The van der Waals surface area contributed by atoms with E-state index in [-0.39, 0.29) is 5.69 Å². The Morgan fingerprint density at radius 1 is 1.29 bits per heavy atom. The molecule has 118 valence electrons. The molecule has 21 heavy (non-hydrogen) atoms. The van der Waals surface area contributed by atoms with Crippen LogP contribution in [-0.2, 0) is 6.18 Å². The Balaban J connectivity index is 2.85. The molecule has 1 aromatic rings. The second kappa shape index (κ2) is 6.80. The van der Waals surface area contributed by atoms with Crippen LogP contribution in [0.4, 0.5) is 23.7 Å². The highest BCUT2D eigenvalue weighted by Crippen LogP contribution is 2.34. The zero-order chi connectivity index (χ0) is 16.1. The lowest BCUT2D eigenvalue weighted by Gasteiger charge is -2.29. The molecule has 0 aliphatic heterocycles. The summed E-state index contributed by atoms with van der Waals surface area (Å²) in [7, 11) is 0. The van der Waals surface area contributed by atoms with Crippen molar-refractivity contribution in [3.63, 3.8) is 0 Å². The van der Waals surface area contributed by atoms with Gasteiger partial charge in [-0.1, -0.05) is 19.1 Å². The maximum Gasteiger partial charge on any atom is 0.418 e. The largest absolute Gasteiger partial charge is 0.418 e. The van der Waals surface area contributed by atoms with Crippen molar-refractivity contribution in [2.75, 3.05) is 11.9 Å². The van der Waals surface area contributed by atoms with E-state index in [9.17, 15) is 18.0 Å². The highest BCUT2D eigenvalue weighted by Gasteiger charge is 2.34. The van der Waals surface area contributed by atoms with Gasteiger partial charge in [0.05, 0.1) is 11.3 Å². The summed E-state index contributed by atoms with van der Waals surface area (Å²) in [4.78, 5) is 11.9. The fourth-order valence-corrected chi connectivity index (χ4v) is 1.91. The second-order valence-corrected chi connectivity index (χ2v) is 5.08. The first-order chi connectivity index (χ1) is 9.72. The van der Waals surface area contributed by atoms with Gasteiger partial charge in [-0.2, -0.15) is 13.2 Å². The zero-order valence-electron chi connectivity index (χ0n) is 12.1. The summed E-state index contributed by atoms with van der Waals surface area (Å²) in [6.45, 7) is 4.05. The van der Waals surface area contributed by atoms with Crippen LogP contribution >= 0.6 is 0 Å². The van der Waals surface area contributed by atoms with Crippen molar-refractivity contribution in [2.45, 2.75) is 38.4 Å². The molecule has 0 aromatic heterocycles. The van der Waals surface area contributed by atoms with Gasteiger partial charge >= 0.3 is 12.2 Å². The van der Waals surface area contributed by atoms with Crippen LogP contribution in [0.5, 0.6) is 0 Å². The molecule has 1 unspecified atom stereocenters. The predicted molar refractivity (Wildman–Crippen MR) is 76.0 cm³/mol. The minimum absolute atomic E-state index is 0.270. The number of anilines is 1. The Bertz CT molecular complexity index is 491. The van der Waals surface area contributed by atoms with Crippen LogP contribution in [0.15, 0.2) is 24.3 Å². The molecular formula is C14H20F3N3O. The predicted octanol–water partition coefficient (Wildman–Crippen LogP) is 3.34. The molecule has 0 saturated heterocycles. The molecule has 1 rings (SSSR count). The first kappa shape index (κ1) is 17.3. The Hall–Kier alpha value is -1.76. The lowest BCUT2D eigenvalue weighted by Crippen LogP contribution is -2.48. The normalized spacial score (nSPS) is 14.4. The van der Waals surface area contributed by atoms with E-state index in [0.29, 0.717) is 19.4 Å². The molecule has 0 radical (unpaired) electrons. The molecule has 0 aliphatic carbocycles. The third-order valence-electron chi connectivity index (χ3n) is 3.37. The number of hydrogen-bond acceptors (Lipinski definition) is 2. The summed E-state index contributed by atoms with van der Waals surface area (Å²) in [5, 5.41) is 4.93. The number of halogens is 3. The van der Waals surface area contributed by atoms with Crippen molar-refractivity contribution < 1.29 is 18.0 Å². The number of urea groups is 1. The Labute approximate surface area is 121 Å². The summed E-state index contributed by atoms with van der Waals surface area (Å²) < 4.78 is 38.5. The number of carbonyl (C=O) groups excluding carboxylic acids is 1. The third-order valence-corrected chi connectivity index (χ3v) is 3.37. The van der Waals surface area contributed by atoms with Gasteiger partial charge in [0.2, 0.25) is 0 Å². The standard InChI is InChI=1S/C14H20F3N3O/c1-3-13(2,8-9-18)20-12(21)19-11-7-5-4-6-10(11)14(15,16)17/h4-7H,3,8-9,18H2,1-2H3,(H2,19,20,21). The molecule has 4 nitrogen and oxygen atoms in total. The highest BCUT2D eigenvalue weighted by atomic mass is 19.4. The number of nitrogens with one attached hydrogen (secondary N) is 2. The Morgan fingerprint density at radius 3 is 2.43 bits per heavy atom. The van der Waals surface area contributed by atoms with Gasteiger partial charge in [0.15, 0.2) is 0 Å². The summed E-state index contributed by atoms with van der Waals surface area (Å²) in [6, 6.07) is 4.17. The fraction of sp³-hybridized carbons (Fsp3) is 0.500. The van der Waals surface area contributed by atoms with Gasteiger partial charge < -0.3 is 16.4 Å². The summed E-state index contributed by atoms with van der Waals surface area (Å²) in [6.07, 6.45) is -3.36. The molecule has 0 saturated carbocycles. The van der Waals surface area contributed by atoms with Crippen LogP contribution in [0.2, 0.25) is 0 Å². The van der Waals surface area contributed by atoms with Crippen LogP contribution in [-0.4, -0.2) is 18.1 Å². The highest BCUT2D eigenvalue weighted by molar-refractivity contribution is 5.90. The molecule has 1 aromatic carbocycles. The van der Waals surface area contributed by atoms with Gasteiger partial charge in [0.25, 0.3) is 0 Å². The Kier molecular flexibility index (Phi) is 5.60. The van der Waals surface area contributed by atoms with Crippen molar-refractivity contribution >= 4 is 11.7 Å². The monoisotopic (exact) mass is 303 g/mol. The van der Waals surface area contributed by atoms with E-state index in [1.54, 1.807) is 6.92 Å². The van der Waals surface area contributed by atoms with Gasteiger partial charge in [-0.15, -0.1) is 0 Å². The number of carbonyl (C=O) groups is 1. The SMILES string of the molecule is CCC(C)(CCN)NC(=O)Nc1ccccc1C(F)(F)F. The summed E-state index contributed by atoms with van der Waals surface area (Å²) in [5.41, 5.74) is 3.78. The molecule has 0 fully saturated rings. The molecule has 4 N–H and O–H groups in total. The van der Waals surface area contributed by atoms with E-state index in [1.807, 2.05) is 6.92 Å². The molecular weight excluding hydrogens is 283 g/mol. The van der Waals surface area contributed by atoms with E-state index < -0.39 is 23.3 Å². The van der Waals surface area contributed by atoms with Crippen molar-refractivity contribution in [3.8, 4) is 0 Å². The zero-order valence-corrected chi connectivity index (χ0v) is 12.1. The van der Waals surface area contributed by atoms with Crippen molar-refractivity contribution in [3.05, 3.63) is 29.8 Å². The van der Waals surface area contributed by atoms with Crippen LogP contribution in [0, 0.1) is 0 Å². The first-order valence-corrected chi connectivity index (χ1v) is 6.67. The first-order valence-electron chi connectivity index (χ1n) is 6.67. The lowest BCUT2D eigenvalue weighted by molar-refractivity contribution is -0.136. The molecule has 1 atom stereocenters. The summed E-state index contributed by atoms with van der Waals surface area (Å²) in [5.74, 6) is 0. The quantitative estimate of drug-likeness (QED) is 0.781. The summed E-state index contributed by atoms with van der Waals surface area (Å²) >= 11 is 0. The maximum atomic E-state index is 12.8. The van der Waals surface area contributed by atoms with Crippen molar-refractivity contribution in [1.82, 2.24) is 5.32 Å². The maximum absolute atomic E-state index is 12.8. The van der Waals surface area contributed by atoms with E-state index >= 15 is 0 Å². The van der Waals surface area contributed by atoms with E-state index in [1.165, 1.54) is 18.2 Å². The van der Waals surface area contributed by atoms with Crippen LogP contribution in [0.1, 0.15) is 32.3 Å². The average molecular weight is 303 g/mol. The minimum Gasteiger partial charge on any atom is -0.333 e. The smallest absolute Gasteiger partial charge is 0.333 e. The lowest BCUT2D eigenvalue weighted by atomic mass is 9.95. The topological polar surface area (TPSA) is 67.1 Å². The van der Waals surface area contributed by atoms with E-state index in [2.05, 4.69) is 10.6 Å². The minimum atomic E-state index is -4.52. The molecule has 0 bridgehead atoms. The molecule has 0 aliphatic rings. The van der Waals surface area contributed by atoms with Crippen molar-refractivity contribution in [2.24, 2.45) is 5.73 Å². The fourth-order valence-electron chi connectivity index (χ4n) is 1.91. The van der Waals surface area contributed by atoms with Gasteiger partial charge in [0, 0.05) is 5.54 Å². The number of rotatable bonds is 5. The molecule has 0 spiro atoms. The van der Waals surface area contributed by atoms with Gasteiger partial charge in [-0.05, 0) is 38.4 Å². The number of amides is 2.